The third-order valence-corrected chi connectivity index (χ3v) is 4.13. The number of halogens is 3. The first-order valence-electron chi connectivity index (χ1n) is 8.12. The fourth-order valence-corrected chi connectivity index (χ4v) is 2.66. The highest BCUT2D eigenvalue weighted by atomic mass is 19.4. The van der Waals surface area contributed by atoms with Gasteiger partial charge in [0.2, 0.25) is 12.4 Å². The molecular formula is C17H16F3N5O2. The van der Waals surface area contributed by atoms with Gasteiger partial charge in [-0.25, -0.2) is 9.97 Å². The van der Waals surface area contributed by atoms with Gasteiger partial charge in [0.25, 0.3) is 5.91 Å². The van der Waals surface area contributed by atoms with Crippen LogP contribution in [0.3, 0.4) is 0 Å². The molecule has 0 saturated carbocycles. The first-order valence-corrected chi connectivity index (χ1v) is 8.12. The van der Waals surface area contributed by atoms with Crippen molar-refractivity contribution >= 4 is 24.0 Å². The Morgan fingerprint density at radius 2 is 1.70 bits per heavy atom. The Morgan fingerprint density at radius 1 is 1.07 bits per heavy atom. The molecule has 1 saturated heterocycles. The highest BCUT2D eigenvalue weighted by Gasteiger charge is 2.33. The van der Waals surface area contributed by atoms with Gasteiger partial charge in [0, 0.05) is 38.6 Å². The predicted octanol–water partition coefficient (Wildman–Crippen LogP) is 2.03. The summed E-state index contributed by atoms with van der Waals surface area (Å²) in [5.41, 5.74) is -1.21. The monoisotopic (exact) mass is 379 g/mol. The van der Waals surface area contributed by atoms with E-state index in [1.165, 1.54) is 30.6 Å². The molecule has 2 heterocycles. The van der Waals surface area contributed by atoms with Crippen LogP contribution in [0.15, 0.2) is 36.7 Å². The Balaban J connectivity index is 1.69. The van der Waals surface area contributed by atoms with Gasteiger partial charge in [0.1, 0.15) is 0 Å². The molecule has 27 heavy (non-hydrogen) atoms. The molecule has 2 aromatic rings. The second kappa shape index (κ2) is 7.60. The molecule has 0 radical (unpaired) electrons. The molecule has 142 valence electrons. The van der Waals surface area contributed by atoms with Gasteiger partial charge in [0.15, 0.2) is 0 Å². The zero-order valence-corrected chi connectivity index (χ0v) is 14.1. The molecule has 0 atom stereocenters. The molecule has 0 unspecified atom stereocenters. The van der Waals surface area contributed by atoms with E-state index in [-0.39, 0.29) is 11.3 Å². The second-order valence-electron chi connectivity index (χ2n) is 5.90. The summed E-state index contributed by atoms with van der Waals surface area (Å²) in [6.07, 6.45) is -1.27. The molecule has 1 aliphatic rings. The lowest BCUT2D eigenvalue weighted by Crippen LogP contribution is -2.46. The Hall–Kier alpha value is -3.17. The lowest BCUT2D eigenvalue weighted by molar-refractivity contribution is -0.136. The van der Waals surface area contributed by atoms with E-state index in [0.717, 1.165) is 12.5 Å². The average molecular weight is 379 g/mol. The number of alkyl halides is 3. The summed E-state index contributed by atoms with van der Waals surface area (Å²) < 4.78 is 39.0. The first-order chi connectivity index (χ1) is 12.9. The van der Waals surface area contributed by atoms with Gasteiger partial charge in [-0.05, 0) is 12.1 Å². The zero-order chi connectivity index (χ0) is 19.4. The lowest BCUT2D eigenvalue weighted by atomic mass is 10.1. The third kappa shape index (κ3) is 4.33. The maximum atomic E-state index is 13.0. The van der Waals surface area contributed by atoms with E-state index < -0.39 is 17.6 Å². The molecule has 1 N–H and O–H groups in total. The van der Waals surface area contributed by atoms with Crippen molar-refractivity contribution in [1.82, 2.24) is 14.9 Å². The van der Waals surface area contributed by atoms with Gasteiger partial charge < -0.3 is 15.1 Å². The largest absolute Gasteiger partial charge is 0.418 e. The van der Waals surface area contributed by atoms with Crippen LogP contribution in [0.4, 0.5) is 24.8 Å². The number of carbonyl (C=O) groups is 2. The second-order valence-corrected chi connectivity index (χ2v) is 5.90. The number of nitrogens with one attached hydrogen (secondary N) is 1. The van der Waals surface area contributed by atoms with Crippen molar-refractivity contribution in [3.05, 3.63) is 47.8 Å². The van der Waals surface area contributed by atoms with Crippen LogP contribution in [0.5, 0.6) is 0 Å². The van der Waals surface area contributed by atoms with Crippen molar-refractivity contribution in [3.63, 3.8) is 0 Å². The highest BCUT2D eigenvalue weighted by Crippen LogP contribution is 2.34. The Morgan fingerprint density at radius 3 is 2.30 bits per heavy atom. The van der Waals surface area contributed by atoms with Crippen LogP contribution in [0.1, 0.15) is 15.9 Å². The number of hydrogen-bond acceptors (Lipinski definition) is 5. The number of benzene rings is 1. The standard InChI is InChI=1S/C17H16F3N5O2/c18-17(19,20)13-3-1-2-4-14(13)23-15(27)12-9-21-16(22-10-12)25-7-5-24(11-26)6-8-25/h1-4,9-11H,5-8H2,(H,23,27). The molecule has 0 spiro atoms. The average Bonchev–Trinajstić information content (AvgIpc) is 2.68. The Kier molecular flexibility index (Phi) is 5.24. The normalized spacial score (nSPS) is 14.8. The number of piperazine rings is 1. The van der Waals surface area contributed by atoms with Crippen molar-refractivity contribution in [3.8, 4) is 0 Å². The molecule has 1 aliphatic heterocycles. The van der Waals surface area contributed by atoms with Crippen LogP contribution in [-0.2, 0) is 11.0 Å². The van der Waals surface area contributed by atoms with Crippen LogP contribution in [0, 0.1) is 0 Å². The maximum absolute atomic E-state index is 13.0. The van der Waals surface area contributed by atoms with Crippen LogP contribution in [0.2, 0.25) is 0 Å². The topological polar surface area (TPSA) is 78.4 Å². The highest BCUT2D eigenvalue weighted by molar-refractivity contribution is 6.04. The molecule has 0 aliphatic carbocycles. The number of amides is 2. The van der Waals surface area contributed by atoms with Gasteiger partial charge in [-0.15, -0.1) is 0 Å². The van der Waals surface area contributed by atoms with Crippen molar-refractivity contribution < 1.29 is 22.8 Å². The lowest BCUT2D eigenvalue weighted by Gasteiger charge is -2.32. The smallest absolute Gasteiger partial charge is 0.342 e. The van der Waals surface area contributed by atoms with E-state index >= 15 is 0 Å². The summed E-state index contributed by atoms with van der Waals surface area (Å²) in [6, 6.07) is 4.74. The minimum atomic E-state index is -4.58. The maximum Gasteiger partial charge on any atom is 0.418 e. The van der Waals surface area contributed by atoms with E-state index in [4.69, 9.17) is 0 Å². The van der Waals surface area contributed by atoms with Gasteiger partial charge >= 0.3 is 6.18 Å². The van der Waals surface area contributed by atoms with Gasteiger partial charge in [-0.1, -0.05) is 12.1 Å². The number of hydrogen-bond donors (Lipinski definition) is 1. The number of rotatable bonds is 4. The predicted molar refractivity (Wildman–Crippen MR) is 91.3 cm³/mol. The van der Waals surface area contributed by atoms with Crippen LogP contribution < -0.4 is 10.2 Å². The molecule has 7 nitrogen and oxygen atoms in total. The van der Waals surface area contributed by atoms with E-state index in [9.17, 15) is 22.8 Å². The van der Waals surface area contributed by atoms with Gasteiger partial charge in [0.05, 0.1) is 16.8 Å². The van der Waals surface area contributed by atoms with Crippen molar-refractivity contribution in [2.45, 2.75) is 6.18 Å². The Labute approximate surface area is 152 Å². The van der Waals surface area contributed by atoms with Crippen LogP contribution in [-0.4, -0.2) is 53.4 Å². The summed E-state index contributed by atoms with van der Waals surface area (Å²) in [4.78, 5) is 34.7. The molecule has 1 aromatic heterocycles. The number of para-hydroxylation sites is 1. The van der Waals surface area contributed by atoms with Gasteiger partial charge in [-0.3, -0.25) is 9.59 Å². The minimum Gasteiger partial charge on any atom is -0.342 e. The fraction of sp³-hybridized carbons (Fsp3) is 0.294. The van der Waals surface area contributed by atoms with Crippen LogP contribution >= 0.6 is 0 Å². The summed E-state index contributed by atoms with van der Waals surface area (Å²) in [5, 5.41) is 2.25. The molecule has 2 amide bonds. The number of carbonyl (C=O) groups excluding carboxylic acids is 2. The molecule has 1 aromatic carbocycles. The van der Waals surface area contributed by atoms with Gasteiger partial charge in [-0.2, -0.15) is 13.2 Å². The fourth-order valence-electron chi connectivity index (χ4n) is 2.66. The van der Waals surface area contributed by atoms with Crippen LogP contribution in [0.25, 0.3) is 0 Å². The summed E-state index contributed by atoms with van der Waals surface area (Å²) in [5.74, 6) is -0.336. The molecule has 3 rings (SSSR count). The molecule has 10 heteroatoms. The summed E-state index contributed by atoms with van der Waals surface area (Å²) in [6.45, 7) is 2.21. The quantitative estimate of drug-likeness (QED) is 0.823. The number of nitrogens with zero attached hydrogens (tertiary/aromatic N) is 4. The first kappa shape index (κ1) is 18.6. The Bertz CT molecular complexity index is 818. The van der Waals surface area contributed by atoms with E-state index in [2.05, 4.69) is 15.3 Å². The number of anilines is 2. The van der Waals surface area contributed by atoms with Crippen molar-refractivity contribution in [1.29, 1.82) is 0 Å². The van der Waals surface area contributed by atoms with Crippen molar-refractivity contribution in [2.75, 3.05) is 36.4 Å². The summed E-state index contributed by atoms with van der Waals surface area (Å²) in [7, 11) is 0. The molecule has 1 fully saturated rings. The SMILES string of the molecule is O=CN1CCN(c2ncc(C(=O)Nc3ccccc3C(F)(F)F)cn2)CC1. The molecule has 0 bridgehead atoms. The van der Waals surface area contributed by atoms with Crippen molar-refractivity contribution in [2.24, 2.45) is 0 Å². The van der Waals surface area contributed by atoms with E-state index in [0.29, 0.717) is 32.1 Å². The van der Waals surface area contributed by atoms with E-state index in [1.807, 2.05) is 4.90 Å². The zero-order valence-electron chi connectivity index (χ0n) is 14.1. The number of aromatic nitrogens is 2. The molecular weight excluding hydrogens is 363 g/mol. The third-order valence-electron chi connectivity index (χ3n) is 4.13. The minimum absolute atomic E-state index is 0.0438. The summed E-state index contributed by atoms with van der Waals surface area (Å²) >= 11 is 0. The van der Waals surface area contributed by atoms with E-state index in [1.54, 1.807) is 4.90 Å².